The number of hydrogen-bond acceptors (Lipinski definition) is 2. The standard InChI is InChI=1S/C17H22N2O2S/c1-2-22(21)14-8-5-7-13(11-14)18-17(20)16-10-12-6-3-4-9-15(12)19-16/h3-4,6,9-10,13-14,19H,2,5,7-8,11H2,1H3,(H,18,20)/t13-,14+,22-/m0/s1. The predicted molar refractivity (Wildman–Crippen MR) is 90.5 cm³/mol. The van der Waals surface area contributed by atoms with Gasteiger partial charge in [0.1, 0.15) is 5.69 Å². The van der Waals surface area contributed by atoms with Crippen molar-refractivity contribution in [3.05, 3.63) is 36.0 Å². The molecular formula is C17H22N2O2S. The number of aromatic nitrogens is 1. The Balaban J connectivity index is 1.67. The second kappa shape index (κ2) is 6.65. The number of para-hydroxylation sites is 1. The summed E-state index contributed by atoms with van der Waals surface area (Å²) in [7, 11) is -0.765. The van der Waals surface area contributed by atoms with Crippen molar-refractivity contribution in [1.82, 2.24) is 10.3 Å². The first-order valence-corrected chi connectivity index (χ1v) is 9.31. The molecule has 0 aliphatic heterocycles. The summed E-state index contributed by atoms with van der Waals surface area (Å²) in [6, 6.07) is 9.88. The monoisotopic (exact) mass is 318 g/mol. The van der Waals surface area contributed by atoms with E-state index in [1.54, 1.807) is 0 Å². The maximum atomic E-state index is 12.4. The number of carbonyl (C=O) groups excluding carboxylic acids is 1. The van der Waals surface area contributed by atoms with Gasteiger partial charge in [0, 0.05) is 38.7 Å². The Morgan fingerprint density at radius 2 is 2.18 bits per heavy atom. The first-order valence-electron chi connectivity index (χ1n) is 7.93. The molecule has 5 heteroatoms. The summed E-state index contributed by atoms with van der Waals surface area (Å²) in [5, 5.41) is 4.37. The average Bonchev–Trinajstić information content (AvgIpc) is 2.98. The van der Waals surface area contributed by atoms with Crippen LogP contribution in [-0.4, -0.2) is 32.1 Å². The number of H-pyrrole nitrogens is 1. The molecule has 0 spiro atoms. The van der Waals surface area contributed by atoms with Gasteiger partial charge in [-0.3, -0.25) is 9.00 Å². The van der Waals surface area contributed by atoms with Gasteiger partial charge in [-0.05, 0) is 31.4 Å². The molecule has 3 atom stereocenters. The molecule has 1 aliphatic carbocycles. The fourth-order valence-electron chi connectivity index (χ4n) is 3.21. The van der Waals surface area contributed by atoms with Gasteiger partial charge in [-0.2, -0.15) is 0 Å². The topological polar surface area (TPSA) is 62.0 Å². The third kappa shape index (κ3) is 3.24. The second-order valence-electron chi connectivity index (χ2n) is 5.90. The molecule has 1 heterocycles. The zero-order valence-corrected chi connectivity index (χ0v) is 13.6. The van der Waals surface area contributed by atoms with E-state index < -0.39 is 10.8 Å². The lowest BCUT2D eigenvalue weighted by molar-refractivity contribution is 0.0924. The lowest BCUT2D eigenvalue weighted by atomic mass is 9.95. The maximum absolute atomic E-state index is 12.4. The van der Waals surface area contributed by atoms with Crippen molar-refractivity contribution in [3.63, 3.8) is 0 Å². The molecule has 2 aromatic rings. The molecule has 1 aromatic carbocycles. The Hall–Kier alpha value is -1.62. The molecule has 1 aliphatic rings. The van der Waals surface area contributed by atoms with Gasteiger partial charge in [0.05, 0.1) is 0 Å². The van der Waals surface area contributed by atoms with E-state index in [9.17, 15) is 9.00 Å². The normalized spacial score (nSPS) is 23.3. The van der Waals surface area contributed by atoms with Crippen LogP contribution in [0.15, 0.2) is 30.3 Å². The van der Waals surface area contributed by atoms with Crippen LogP contribution in [0, 0.1) is 0 Å². The van der Waals surface area contributed by atoms with Crippen molar-refractivity contribution in [2.45, 2.75) is 43.9 Å². The van der Waals surface area contributed by atoms with E-state index in [-0.39, 0.29) is 17.2 Å². The summed E-state index contributed by atoms with van der Waals surface area (Å²) in [5.74, 6) is 0.636. The minimum absolute atomic E-state index is 0.0656. The molecule has 1 aromatic heterocycles. The number of carbonyl (C=O) groups is 1. The predicted octanol–water partition coefficient (Wildman–Crippen LogP) is 2.98. The summed E-state index contributed by atoms with van der Waals surface area (Å²) >= 11 is 0. The van der Waals surface area contributed by atoms with Crippen LogP contribution in [0.25, 0.3) is 10.9 Å². The number of amides is 1. The molecule has 1 amide bonds. The van der Waals surface area contributed by atoms with Gasteiger partial charge in [-0.1, -0.05) is 31.5 Å². The van der Waals surface area contributed by atoms with Crippen LogP contribution in [0.4, 0.5) is 0 Å². The first kappa shape index (κ1) is 15.3. The van der Waals surface area contributed by atoms with Crippen molar-refractivity contribution in [1.29, 1.82) is 0 Å². The number of rotatable bonds is 4. The second-order valence-corrected chi connectivity index (χ2v) is 7.90. The highest BCUT2D eigenvalue weighted by atomic mass is 32.2. The van der Waals surface area contributed by atoms with Gasteiger partial charge >= 0.3 is 0 Å². The fourth-order valence-corrected chi connectivity index (χ4v) is 4.56. The van der Waals surface area contributed by atoms with E-state index in [1.807, 2.05) is 37.3 Å². The third-order valence-electron chi connectivity index (χ3n) is 4.39. The van der Waals surface area contributed by atoms with Crippen molar-refractivity contribution < 1.29 is 9.00 Å². The molecule has 0 radical (unpaired) electrons. The zero-order valence-electron chi connectivity index (χ0n) is 12.8. The van der Waals surface area contributed by atoms with Crippen LogP contribution in [0.2, 0.25) is 0 Å². The molecule has 1 saturated carbocycles. The SMILES string of the molecule is CC[S@](=O)[C@@H]1CCC[C@H](NC(=O)c2cc3ccccc3[nH]2)C1. The molecule has 4 nitrogen and oxygen atoms in total. The Morgan fingerprint density at radius 3 is 2.95 bits per heavy atom. The molecule has 3 rings (SSSR count). The Morgan fingerprint density at radius 1 is 1.36 bits per heavy atom. The van der Waals surface area contributed by atoms with Gasteiger partial charge in [0.25, 0.3) is 5.91 Å². The molecule has 2 N–H and O–H groups in total. The molecule has 0 unspecified atom stereocenters. The highest BCUT2D eigenvalue weighted by molar-refractivity contribution is 7.85. The van der Waals surface area contributed by atoms with Gasteiger partial charge in [0.15, 0.2) is 0 Å². The van der Waals surface area contributed by atoms with Crippen molar-refractivity contribution in [2.24, 2.45) is 0 Å². The van der Waals surface area contributed by atoms with Gasteiger partial charge in [-0.25, -0.2) is 0 Å². The fraction of sp³-hybridized carbons (Fsp3) is 0.471. The average molecular weight is 318 g/mol. The largest absolute Gasteiger partial charge is 0.351 e. The van der Waals surface area contributed by atoms with E-state index in [1.165, 1.54) is 0 Å². The number of aromatic amines is 1. The molecule has 0 bridgehead atoms. The Kier molecular flexibility index (Phi) is 4.62. The summed E-state index contributed by atoms with van der Waals surface area (Å²) < 4.78 is 12.0. The number of benzene rings is 1. The van der Waals surface area contributed by atoms with Gasteiger partial charge < -0.3 is 10.3 Å². The molecule has 22 heavy (non-hydrogen) atoms. The van der Waals surface area contributed by atoms with Crippen LogP contribution in [-0.2, 0) is 10.8 Å². The van der Waals surface area contributed by atoms with Crippen molar-refractivity contribution >= 4 is 27.6 Å². The van der Waals surface area contributed by atoms with Crippen molar-refractivity contribution in [3.8, 4) is 0 Å². The quantitative estimate of drug-likeness (QED) is 0.910. The van der Waals surface area contributed by atoms with Gasteiger partial charge in [0.2, 0.25) is 0 Å². The summed E-state index contributed by atoms with van der Waals surface area (Å²) in [6.07, 6.45) is 3.85. The number of fused-ring (bicyclic) bond motifs is 1. The maximum Gasteiger partial charge on any atom is 0.267 e. The van der Waals surface area contributed by atoms with Crippen LogP contribution < -0.4 is 5.32 Å². The molecule has 1 fully saturated rings. The van der Waals surface area contributed by atoms with E-state index in [4.69, 9.17) is 0 Å². The molecule has 0 saturated heterocycles. The van der Waals surface area contributed by atoms with Crippen LogP contribution in [0.3, 0.4) is 0 Å². The van der Waals surface area contributed by atoms with Crippen LogP contribution in [0.5, 0.6) is 0 Å². The summed E-state index contributed by atoms with van der Waals surface area (Å²) in [5.41, 5.74) is 1.57. The highest BCUT2D eigenvalue weighted by Crippen LogP contribution is 2.23. The summed E-state index contributed by atoms with van der Waals surface area (Å²) in [4.78, 5) is 15.6. The smallest absolute Gasteiger partial charge is 0.267 e. The minimum atomic E-state index is -0.765. The van der Waals surface area contributed by atoms with E-state index in [2.05, 4.69) is 10.3 Å². The van der Waals surface area contributed by atoms with Gasteiger partial charge in [-0.15, -0.1) is 0 Å². The summed E-state index contributed by atoms with van der Waals surface area (Å²) in [6.45, 7) is 1.96. The molecule has 118 valence electrons. The lowest BCUT2D eigenvalue weighted by Gasteiger charge is -2.28. The zero-order chi connectivity index (χ0) is 15.5. The van der Waals surface area contributed by atoms with Crippen LogP contribution in [0.1, 0.15) is 43.1 Å². The first-order chi connectivity index (χ1) is 10.7. The number of hydrogen-bond donors (Lipinski definition) is 2. The van der Waals surface area contributed by atoms with E-state index in [0.717, 1.165) is 36.6 Å². The van der Waals surface area contributed by atoms with E-state index in [0.29, 0.717) is 11.4 Å². The minimum Gasteiger partial charge on any atom is -0.351 e. The lowest BCUT2D eigenvalue weighted by Crippen LogP contribution is -2.41. The highest BCUT2D eigenvalue weighted by Gasteiger charge is 2.27. The van der Waals surface area contributed by atoms with Crippen molar-refractivity contribution in [2.75, 3.05) is 5.75 Å². The Labute approximate surface area is 133 Å². The Bertz CT molecular complexity index is 662. The van der Waals surface area contributed by atoms with E-state index >= 15 is 0 Å². The number of nitrogens with one attached hydrogen (secondary N) is 2. The molecular weight excluding hydrogens is 296 g/mol. The van der Waals surface area contributed by atoms with Crippen LogP contribution >= 0.6 is 0 Å². The third-order valence-corrected chi connectivity index (χ3v) is 6.13.